The summed E-state index contributed by atoms with van der Waals surface area (Å²) in [6.07, 6.45) is 0. The summed E-state index contributed by atoms with van der Waals surface area (Å²) < 4.78 is 0. The summed E-state index contributed by atoms with van der Waals surface area (Å²) >= 11 is 0. The topological polar surface area (TPSA) is 26.0 Å². The molecule has 0 saturated carbocycles. The minimum Gasteiger partial charge on any atom is -0.398 e. The number of nitrogen functional groups attached to an aromatic ring is 1. The Morgan fingerprint density at radius 1 is 0.929 bits per heavy atom. The average molecular weight is 184 g/mol. The Morgan fingerprint density at radius 3 is 1.57 bits per heavy atom. The predicted octanol–water partition coefficient (Wildman–Crippen LogP) is 3.13. The van der Waals surface area contributed by atoms with Crippen molar-refractivity contribution in [2.45, 2.75) is 39.5 Å². The Kier molecular flexibility index (Phi) is 5.34. The molecular weight excluding hydrogens is 165 g/mol. The van der Waals surface area contributed by atoms with Crippen LogP contribution in [-0.4, -0.2) is 18.9 Å². The normalized spacial score (nSPS) is 10.4. The first-order valence-corrected chi connectivity index (χ1v) is 4.92. The van der Waals surface area contributed by atoms with Crippen molar-refractivity contribution in [1.29, 1.82) is 0 Å². The molecule has 0 saturated heterocycles. The standard InChI is InChI=1S/C12H19N.Li/c1-8(2)10-6-5-7-11(9(3)4)12(10)13;/h5-9H,13H2,1-4H3;. The second-order valence-corrected chi connectivity index (χ2v) is 4.16. The van der Waals surface area contributed by atoms with E-state index in [1.54, 1.807) is 0 Å². The molecule has 0 amide bonds. The molecule has 0 bridgehead atoms. The van der Waals surface area contributed by atoms with Gasteiger partial charge in [0, 0.05) is 24.5 Å². The maximum absolute atomic E-state index is 6.09. The van der Waals surface area contributed by atoms with Crippen LogP contribution >= 0.6 is 0 Å². The summed E-state index contributed by atoms with van der Waals surface area (Å²) in [6.45, 7) is 8.71. The van der Waals surface area contributed by atoms with E-state index in [1.807, 2.05) is 0 Å². The number of nitrogens with two attached hydrogens (primary N) is 1. The zero-order chi connectivity index (χ0) is 10.0. The number of hydrogen-bond donors (Lipinski definition) is 1. The fourth-order valence-corrected chi connectivity index (χ4v) is 1.61. The first-order chi connectivity index (χ1) is 6.04. The molecule has 73 valence electrons. The molecule has 0 atom stereocenters. The molecule has 1 aromatic carbocycles. The Morgan fingerprint density at radius 2 is 1.29 bits per heavy atom. The van der Waals surface area contributed by atoms with Crippen molar-refractivity contribution in [1.82, 2.24) is 0 Å². The maximum Gasteiger partial charge on any atom is 0.0384 e. The second-order valence-electron chi connectivity index (χ2n) is 4.16. The molecule has 2 N–H and O–H groups in total. The van der Waals surface area contributed by atoms with Crippen LogP contribution in [-0.2, 0) is 0 Å². The van der Waals surface area contributed by atoms with Gasteiger partial charge in [-0.1, -0.05) is 45.9 Å². The Hall–Kier alpha value is -0.383. The van der Waals surface area contributed by atoms with Crippen molar-refractivity contribution < 1.29 is 0 Å². The van der Waals surface area contributed by atoms with Crippen molar-refractivity contribution in [2.24, 2.45) is 0 Å². The fourth-order valence-electron chi connectivity index (χ4n) is 1.61. The Balaban J connectivity index is 0.00000169. The van der Waals surface area contributed by atoms with Gasteiger partial charge in [-0.3, -0.25) is 0 Å². The van der Waals surface area contributed by atoms with Crippen molar-refractivity contribution in [3.63, 3.8) is 0 Å². The van der Waals surface area contributed by atoms with E-state index in [0.717, 1.165) is 5.69 Å². The molecule has 1 aromatic rings. The third-order valence-corrected chi connectivity index (χ3v) is 2.42. The van der Waals surface area contributed by atoms with Crippen LogP contribution in [0.5, 0.6) is 0 Å². The van der Waals surface area contributed by atoms with Gasteiger partial charge in [0.15, 0.2) is 0 Å². The van der Waals surface area contributed by atoms with Gasteiger partial charge in [0.2, 0.25) is 0 Å². The van der Waals surface area contributed by atoms with Crippen LogP contribution in [0.25, 0.3) is 0 Å². The van der Waals surface area contributed by atoms with E-state index >= 15 is 0 Å². The van der Waals surface area contributed by atoms with Crippen LogP contribution < -0.4 is 5.73 Å². The molecule has 0 unspecified atom stereocenters. The third-order valence-electron chi connectivity index (χ3n) is 2.42. The molecule has 1 rings (SSSR count). The molecule has 0 aliphatic heterocycles. The molecule has 0 heterocycles. The van der Waals surface area contributed by atoms with Crippen molar-refractivity contribution in [3.05, 3.63) is 29.3 Å². The Labute approximate surface area is 99.3 Å². The molecule has 14 heavy (non-hydrogen) atoms. The van der Waals surface area contributed by atoms with Crippen molar-refractivity contribution in [3.8, 4) is 0 Å². The van der Waals surface area contributed by atoms with E-state index in [-0.39, 0.29) is 18.9 Å². The molecule has 0 spiro atoms. The monoisotopic (exact) mass is 184 g/mol. The zero-order valence-electron chi connectivity index (χ0n) is 9.96. The summed E-state index contributed by atoms with van der Waals surface area (Å²) in [6, 6.07) is 6.33. The van der Waals surface area contributed by atoms with Crippen LogP contribution in [0.15, 0.2) is 18.2 Å². The summed E-state index contributed by atoms with van der Waals surface area (Å²) in [5.41, 5.74) is 9.60. The van der Waals surface area contributed by atoms with Gasteiger partial charge in [-0.15, -0.1) is 0 Å². The number of benzene rings is 1. The van der Waals surface area contributed by atoms with Crippen LogP contribution in [0, 0.1) is 0 Å². The smallest absolute Gasteiger partial charge is 0.0384 e. The molecule has 0 aliphatic carbocycles. The predicted molar refractivity (Wildman–Crippen MR) is 64.8 cm³/mol. The van der Waals surface area contributed by atoms with E-state index in [9.17, 15) is 0 Å². The Bertz CT molecular complexity index is 266. The van der Waals surface area contributed by atoms with Gasteiger partial charge in [-0.05, 0) is 23.0 Å². The van der Waals surface area contributed by atoms with Crippen molar-refractivity contribution >= 4 is 24.5 Å². The summed E-state index contributed by atoms with van der Waals surface area (Å²) in [5.74, 6) is 1.03. The van der Waals surface area contributed by atoms with E-state index in [1.165, 1.54) is 11.1 Å². The molecular formula is C12H19LiN. The van der Waals surface area contributed by atoms with Gasteiger partial charge in [0.05, 0.1) is 0 Å². The zero-order valence-corrected chi connectivity index (χ0v) is 9.96. The molecule has 0 aliphatic rings. The van der Waals surface area contributed by atoms with Gasteiger partial charge >= 0.3 is 0 Å². The summed E-state index contributed by atoms with van der Waals surface area (Å²) in [7, 11) is 0. The largest absolute Gasteiger partial charge is 0.398 e. The summed E-state index contributed by atoms with van der Waals surface area (Å²) in [5, 5.41) is 0. The first kappa shape index (κ1) is 13.6. The maximum atomic E-state index is 6.09. The minimum absolute atomic E-state index is 0. The summed E-state index contributed by atoms with van der Waals surface area (Å²) in [4.78, 5) is 0. The number of hydrogen-bond acceptors (Lipinski definition) is 1. The van der Waals surface area contributed by atoms with E-state index in [4.69, 9.17) is 5.73 Å². The quantitative estimate of drug-likeness (QED) is 0.554. The van der Waals surface area contributed by atoms with Gasteiger partial charge in [-0.25, -0.2) is 0 Å². The first-order valence-electron chi connectivity index (χ1n) is 4.92. The van der Waals surface area contributed by atoms with E-state index in [2.05, 4.69) is 45.9 Å². The van der Waals surface area contributed by atoms with E-state index in [0.29, 0.717) is 11.8 Å². The SMILES string of the molecule is CC(C)c1cccc(C(C)C)c1N.[Li]. The molecule has 1 nitrogen and oxygen atoms in total. The van der Waals surface area contributed by atoms with Gasteiger partial charge < -0.3 is 5.73 Å². The molecule has 0 aromatic heterocycles. The number of rotatable bonds is 2. The molecule has 1 radical (unpaired) electrons. The van der Waals surface area contributed by atoms with Gasteiger partial charge in [-0.2, -0.15) is 0 Å². The molecule has 2 heteroatoms. The number of para-hydroxylation sites is 1. The van der Waals surface area contributed by atoms with Crippen molar-refractivity contribution in [2.75, 3.05) is 5.73 Å². The third kappa shape index (κ3) is 2.80. The molecule has 0 fully saturated rings. The van der Waals surface area contributed by atoms with Crippen LogP contribution in [0.2, 0.25) is 0 Å². The van der Waals surface area contributed by atoms with Crippen LogP contribution in [0.1, 0.15) is 50.7 Å². The minimum atomic E-state index is 0. The number of anilines is 1. The van der Waals surface area contributed by atoms with Gasteiger partial charge in [0.1, 0.15) is 0 Å². The van der Waals surface area contributed by atoms with Crippen LogP contribution in [0.4, 0.5) is 5.69 Å². The van der Waals surface area contributed by atoms with E-state index < -0.39 is 0 Å². The fraction of sp³-hybridized carbons (Fsp3) is 0.500. The van der Waals surface area contributed by atoms with Gasteiger partial charge in [0.25, 0.3) is 0 Å². The average Bonchev–Trinajstić information content (AvgIpc) is 2.03. The van der Waals surface area contributed by atoms with Crippen LogP contribution in [0.3, 0.4) is 0 Å². The second kappa shape index (κ2) is 5.49.